The first-order valence-electron chi connectivity index (χ1n) is 9.59. The molecule has 2 aliphatic rings. The number of carbonyl (C=O) groups is 1. The van der Waals surface area contributed by atoms with E-state index in [2.05, 4.69) is 15.9 Å². The molecule has 0 bridgehead atoms. The molecule has 3 rings (SSSR count). The molecule has 1 aromatic rings. The molecule has 0 spiro atoms. The molecule has 0 radical (unpaired) electrons. The average molecular weight is 383 g/mol. The second-order valence-corrected chi connectivity index (χ2v) is 8.24. The van der Waals surface area contributed by atoms with Gasteiger partial charge in [0.05, 0.1) is 15.7 Å². The third kappa shape index (κ3) is 4.83. The van der Waals surface area contributed by atoms with Gasteiger partial charge in [0, 0.05) is 25.7 Å². The summed E-state index contributed by atoms with van der Waals surface area (Å²) < 4.78 is 0. The van der Waals surface area contributed by atoms with Gasteiger partial charge < -0.3 is 9.80 Å². The fourth-order valence-electron chi connectivity index (χ4n) is 4.32. The van der Waals surface area contributed by atoms with Crippen molar-refractivity contribution in [1.29, 1.82) is 0 Å². The highest BCUT2D eigenvalue weighted by Gasteiger charge is 2.25. The predicted octanol–water partition coefficient (Wildman–Crippen LogP) is 5.39. The molecule has 1 aromatic carbocycles. The molecule has 1 heterocycles. The van der Waals surface area contributed by atoms with Crippen LogP contribution in [0.2, 0.25) is 10.0 Å². The Morgan fingerprint density at radius 2 is 1.92 bits per heavy atom. The number of rotatable bonds is 6. The quantitative estimate of drug-likeness (QED) is 0.615. The van der Waals surface area contributed by atoms with Gasteiger partial charge in [-0.05, 0) is 50.2 Å². The summed E-state index contributed by atoms with van der Waals surface area (Å²) in [7, 11) is 0. The van der Waals surface area contributed by atoms with Crippen LogP contribution in [0.15, 0.2) is 18.2 Å². The maximum atomic E-state index is 11.5. The summed E-state index contributed by atoms with van der Waals surface area (Å²) in [6, 6.07) is 6.31. The average Bonchev–Trinajstić information content (AvgIpc) is 2.65. The monoisotopic (exact) mass is 382 g/mol. The van der Waals surface area contributed by atoms with Gasteiger partial charge in [-0.25, -0.2) is 0 Å². The van der Waals surface area contributed by atoms with Crippen LogP contribution in [0, 0.1) is 5.92 Å². The molecule has 25 heavy (non-hydrogen) atoms. The van der Waals surface area contributed by atoms with E-state index in [9.17, 15) is 4.79 Å². The van der Waals surface area contributed by atoms with Crippen molar-refractivity contribution in [3.8, 4) is 0 Å². The van der Waals surface area contributed by atoms with Crippen molar-refractivity contribution in [2.45, 2.75) is 57.4 Å². The zero-order valence-electron chi connectivity index (χ0n) is 14.8. The smallest absolute Gasteiger partial charge is 0.209 e. The lowest BCUT2D eigenvalue weighted by Crippen LogP contribution is -2.40. The molecule has 1 saturated heterocycles. The molecular weight excluding hydrogens is 355 g/mol. The van der Waals surface area contributed by atoms with Gasteiger partial charge >= 0.3 is 0 Å². The first kappa shape index (κ1) is 18.8. The molecule has 1 aliphatic heterocycles. The van der Waals surface area contributed by atoms with Crippen molar-refractivity contribution in [1.82, 2.24) is 4.90 Å². The topological polar surface area (TPSA) is 23.6 Å². The molecule has 3 nitrogen and oxygen atoms in total. The molecule has 1 amide bonds. The number of carbonyl (C=O) groups excluding carboxylic acids is 1. The molecule has 0 aromatic heterocycles. The van der Waals surface area contributed by atoms with E-state index in [1.165, 1.54) is 38.5 Å². The molecule has 138 valence electrons. The van der Waals surface area contributed by atoms with Crippen LogP contribution in [-0.2, 0) is 4.79 Å². The minimum Gasteiger partial charge on any atom is -0.370 e. The van der Waals surface area contributed by atoms with Gasteiger partial charge in [0.15, 0.2) is 0 Å². The van der Waals surface area contributed by atoms with E-state index in [1.54, 1.807) is 0 Å². The van der Waals surface area contributed by atoms with Gasteiger partial charge in [-0.2, -0.15) is 0 Å². The summed E-state index contributed by atoms with van der Waals surface area (Å²) in [6.45, 7) is 2.91. The first-order chi connectivity index (χ1) is 12.2. The minimum atomic E-state index is 0.466. The van der Waals surface area contributed by atoms with Crippen molar-refractivity contribution in [2.24, 2.45) is 5.92 Å². The van der Waals surface area contributed by atoms with E-state index in [4.69, 9.17) is 23.2 Å². The first-order valence-corrected chi connectivity index (χ1v) is 10.3. The van der Waals surface area contributed by atoms with E-state index < -0.39 is 0 Å². The number of halogens is 2. The Kier molecular flexibility index (Phi) is 6.89. The lowest BCUT2D eigenvalue weighted by atomic mass is 9.92. The fraction of sp³-hybridized carbons (Fsp3) is 0.650. The third-order valence-electron chi connectivity index (χ3n) is 5.77. The fourth-order valence-corrected chi connectivity index (χ4v) is 4.74. The highest BCUT2D eigenvalue weighted by molar-refractivity contribution is 6.43. The molecule has 0 N–H and O–H groups in total. The van der Waals surface area contributed by atoms with E-state index in [-0.39, 0.29) is 0 Å². The van der Waals surface area contributed by atoms with Crippen molar-refractivity contribution >= 4 is 35.3 Å². The second-order valence-electron chi connectivity index (χ2n) is 7.45. The van der Waals surface area contributed by atoms with Gasteiger partial charge in [-0.3, -0.25) is 4.79 Å². The standard InChI is InChI=1S/C20H28Cl2N2O/c21-18-9-4-10-19(20(18)22)23-12-5-6-16(14-23)11-13-24(15-25)17-7-2-1-3-8-17/h4,9-10,15-17H,1-3,5-8,11-14H2. The van der Waals surface area contributed by atoms with Crippen molar-refractivity contribution in [2.75, 3.05) is 24.5 Å². The van der Waals surface area contributed by atoms with Crippen LogP contribution in [-0.4, -0.2) is 37.0 Å². The number of hydrogen-bond donors (Lipinski definition) is 0. The zero-order chi connectivity index (χ0) is 17.6. The van der Waals surface area contributed by atoms with Crippen LogP contribution < -0.4 is 4.90 Å². The maximum Gasteiger partial charge on any atom is 0.209 e. The maximum absolute atomic E-state index is 11.5. The van der Waals surface area contributed by atoms with E-state index in [0.29, 0.717) is 22.0 Å². The molecule has 1 atom stereocenters. The van der Waals surface area contributed by atoms with Gasteiger partial charge in [0.1, 0.15) is 0 Å². The number of piperidine rings is 1. The van der Waals surface area contributed by atoms with Gasteiger partial charge in [0.25, 0.3) is 0 Å². The van der Waals surface area contributed by atoms with Crippen LogP contribution in [0.3, 0.4) is 0 Å². The Balaban J connectivity index is 1.56. The predicted molar refractivity (Wildman–Crippen MR) is 106 cm³/mol. The van der Waals surface area contributed by atoms with Gasteiger partial charge in [-0.15, -0.1) is 0 Å². The normalized spacial score (nSPS) is 22.0. The zero-order valence-corrected chi connectivity index (χ0v) is 16.3. The highest BCUT2D eigenvalue weighted by atomic mass is 35.5. The minimum absolute atomic E-state index is 0.466. The number of hydrogen-bond acceptors (Lipinski definition) is 2. The van der Waals surface area contributed by atoms with Crippen LogP contribution in [0.1, 0.15) is 51.4 Å². The van der Waals surface area contributed by atoms with E-state index >= 15 is 0 Å². The van der Waals surface area contributed by atoms with Crippen molar-refractivity contribution in [3.05, 3.63) is 28.2 Å². The largest absolute Gasteiger partial charge is 0.370 e. The van der Waals surface area contributed by atoms with E-state index in [1.807, 2.05) is 12.1 Å². The van der Waals surface area contributed by atoms with Crippen molar-refractivity contribution in [3.63, 3.8) is 0 Å². The summed E-state index contributed by atoms with van der Waals surface area (Å²) in [5.74, 6) is 0.606. The summed E-state index contributed by atoms with van der Waals surface area (Å²) in [5.41, 5.74) is 1.04. The number of benzene rings is 1. The Morgan fingerprint density at radius 1 is 1.12 bits per heavy atom. The second kappa shape index (κ2) is 9.14. The SMILES string of the molecule is O=CN(CCC1CCCN(c2cccc(Cl)c2Cl)C1)C1CCCCC1. The third-order valence-corrected chi connectivity index (χ3v) is 6.57. The summed E-state index contributed by atoms with van der Waals surface area (Å²) in [5, 5.41) is 1.27. The van der Waals surface area contributed by atoms with Crippen LogP contribution in [0.25, 0.3) is 0 Å². The van der Waals surface area contributed by atoms with Crippen LogP contribution in [0.4, 0.5) is 5.69 Å². The van der Waals surface area contributed by atoms with Gasteiger partial charge in [-0.1, -0.05) is 48.5 Å². The van der Waals surface area contributed by atoms with Crippen LogP contribution >= 0.6 is 23.2 Å². The molecule has 5 heteroatoms. The van der Waals surface area contributed by atoms with Crippen molar-refractivity contribution < 1.29 is 4.79 Å². The summed E-state index contributed by atoms with van der Waals surface area (Å²) >= 11 is 12.6. The van der Waals surface area contributed by atoms with E-state index in [0.717, 1.165) is 44.6 Å². The molecule has 1 unspecified atom stereocenters. The Bertz CT molecular complexity index is 575. The Morgan fingerprint density at radius 3 is 2.68 bits per heavy atom. The molecule has 2 fully saturated rings. The lowest BCUT2D eigenvalue weighted by Gasteiger charge is -2.37. The molecule has 1 saturated carbocycles. The lowest BCUT2D eigenvalue weighted by molar-refractivity contribution is -0.121. The Hall–Kier alpha value is -0.930. The summed E-state index contributed by atoms with van der Waals surface area (Å²) in [4.78, 5) is 15.9. The molecule has 1 aliphatic carbocycles. The number of amides is 1. The summed E-state index contributed by atoms with van der Waals surface area (Å²) in [6.07, 6.45) is 10.7. The Labute approximate surface area is 161 Å². The number of nitrogens with zero attached hydrogens (tertiary/aromatic N) is 2. The highest BCUT2D eigenvalue weighted by Crippen LogP contribution is 2.35. The van der Waals surface area contributed by atoms with Gasteiger partial charge in [0.2, 0.25) is 6.41 Å². The van der Waals surface area contributed by atoms with Crippen LogP contribution in [0.5, 0.6) is 0 Å². The molecular formula is C20H28Cl2N2O. The number of anilines is 1.